The summed E-state index contributed by atoms with van der Waals surface area (Å²) in [4.78, 5) is 12.2. The van der Waals surface area contributed by atoms with Crippen LogP contribution in [0.3, 0.4) is 0 Å². The summed E-state index contributed by atoms with van der Waals surface area (Å²) in [5.41, 5.74) is 0.273. The monoisotopic (exact) mass is 540 g/mol. The number of methoxy groups -OCH3 is 4. The Bertz CT molecular complexity index is 478. The van der Waals surface area contributed by atoms with Gasteiger partial charge >= 0.3 is 5.97 Å². The van der Waals surface area contributed by atoms with Crippen LogP contribution in [0.4, 0.5) is 0 Å². The van der Waals surface area contributed by atoms with Gasteiger partial charge in [-0.1, -0.05) is 6.58 Å². The van der Waals surface area contributed by atoms with Crippen molar-refractivity contribution in [2.24, 2.45) is 0 Å². The van der Waals surface area contributed by atoms with Gasteiger partial charge in [0, 0.05) is 34.0 Å². The van der Waals surface area contributed by atoms with Gasteiger partial charge in [0.05, 0.1) is 92.5 Å². The quantitative estimate of drug-likeness (QED) is 0.0797. The van der Waals surface area contributed by atoms with E-state index in [0.29, 0.717) is 52.9 Å². The molecule has 12 nitrogen and oxygen atoms in total. The average molecular weight is 541 g/mol. The summed E-state index contributed by atoms with van der Waals surface area (Å²) in [6.45, 7) is 9.98. The summed E-state index contributed by atoms with van der Waals surface area (Å²) < 4.78 is 60.0. The van der Waals surface area contributed by atoms with Gasteiger partial charge < -0.3 is 52.1 Å². The van der Waals surface area contributed by atoms with Crippen LogP contribution in [0.1, 0.15) is 6.92 Å². The Kier molecular flexibility index (Phi) is 25.6. The Morgan fingerprint density at radius 2 is 0.865 bits per heavy atom. The Morgan fingerprint density at radius 3 is 1.14 bits per heavy atom. The Morgan fingerprint density at radius 1 is 0.541 bits per heavy atom. The Balaban J connectivity index is 5.02. The molecular formula is C25H48O12. The molecule has 0 unspecified atom stereocenters. The molecule has 37 heavy (non-hydrogen) atoms. The Labute approximate surface area is 221 Å². The number of hydrogen-bond donors (Lipinski definition) is 0. The standard InChI is InChI=1S/C25H48O12/c1-21(2)25(26)37-24(19-35-22(15-31-11-7-27-3)16-32-12-8-28-4)20-36-23(17-33-13-9-29-5)18-34-14-10-30-6/h22-24H,1,7-20H2,2-6H3. The van der Waals surface area contributed by atoms with Crippen LogP contribution >= 0.6 is 0 Å². The fourth-order valence-electron chi connectivity index (χ4n) is 2.57. The molecule has 0 aromatic rings. The molecule has 0 fully saturated rings. The number of ether oxygens (including phenoxy) is 11. The third-order valence-corrected chi connectivity index (χ3v) is 4.60. The molecule has 0 spiro atoms. The van der Waals surface area contributed by atoms with Crippen molar-refractivity contribution in [1.29, 1.82) is 0 Å². The summed E-state index contributed by atoms with van der Waals surface area (Å²) in [5, 5.41) is 0. The van der Waals surface area contributed by atoms with E-state index < -0.39 is 24.3 Å². The van der Waals surface area contributed by atoms with E-state index >= 15 is 0 Å². The fraction of sp³-hybridized carbons (Fsp3) is 0.880. The molecular weight excluding hydrogens is 492 g/mol. The second-order valence-electron chi connectivity index (χ2n) is 7.99. The Hall–Kier alpha value is -1.19. The smallest absolute Gasteiger partial charge is 0.333 e. The largest absolute Gasteiger partial charge is 0.454 e. The van der Waals surface area contributed by atoms with Gasteiger partial charge in [-0.2, -0.15) is 0 Å². The third-order valence-electron chi connectivity index (χ3n) is 4.60. The lowest BCUT2D eigenvalue weighted by molar-refractivity contribution is -0.161. The van der Waals surface area contributed by atoms with E-state index in [-0.39, 0.29) is 45.2 Å². The van der Waals surface area contributed by atoms with Crippen LogP contribution in [0.15, 0.2) is 12.2 Å². The normalized spacial score (nSPS) is 11.7. The fourth-order valence-corrected chi connectivity index (χ4v) is 2.57. The lowest BCUT2D eigenvalue weighted by Crippen LogP contribution is -2.37. The van der Waals surface area contributed by atoms with Gasteiger partial charge in [0.15, 0.2) is 0 Å². The van der Waals surface area contributed by atoms with Crippen molar-refractivity contribution in [2.75, 3.05) is 121 Å². The van der Waals surface area contributed by atoms with Crippen molar-refractivity contribution in [3.05, 3.63) is 12.2 Å². The van der Waals surface area contributed by atoms with Crippen molar-refractivity contribution >= 4 is 5.97 Å². The molecule has 0 aliphatic heterocycles. The number of rotatable bonds is 28. The second-order valence-corrected chi connectivity index (χ2v) is 7.99. The lowest BCUT2D eigenvalue weighted by atomic mass is 10.3. The first-order chi connectivity index (χ1) is 18.0. The van der Waals surface area contributed by atoms with E-state index in [1.807, 2.05) is 0 Å². The summed E-state index contributed by atoms with van der Waals surface area (Å²) in [7, 11) is 6.41. The summed E-state index contributed by atoms with van der Waals surface area (Å²) in [6.07, 6.45) is -1.50. The van der Waals surface area contributed by atoms with E-state index in [1.165, 1.54) is 0 Å². The maximum Gasteiger partial charge on any atom is 0.333 e. The summed E-state index contributed by atoms with van der Waals surface area (Å²) >= 11 is 0. The van der Waals surface area contributed by atoms with Gasteiger partial charge in [0.2, 0.25) is 0 Å². The highest BCUT2D eigenvalue weighted by molar-refractivity contribution is 5.87. The molecule has 0 aromatic heterocycles. The molecule has 0 aliphatic rings. The molecule has 0 aromatic carbocycles. The second kappa shape index (κ2) is 26.4. The van der Waals surface area contributed by atoms with Crippen molar-refractivity contribution in [3.8, 4) is 0 Å². The molecule has 0 radical (unpaired) electrons. The van der Waals surface area contributed by atoms with Gasteiger partial charge in [-0.25, -0.2) is 4.79 Å². The first-order valence-electron chi connectivity index (χ1n) is 12.3. The van der Waals surface area contributed by atoms with Crippen LogP contribution in [0.2, 0.25) is 0 Å². The van der Waals surface area contributed by atoms with Gasteiger partial charge in [0.25, 0.3) is 0 Å². The van der Waals surface area contributed by atoms with Crippen LogP contribution < -0.4 is 0 Å². The number of esters is 1. The molecule has 0 N–H and O–H groups in total. The van der Waals surface area contributed by atoms with Crippen molar-refractivity contribution in [1.82, 2.24) is 0 Å². The zero-order valence-electron chi connectivity index (χ0n) is 23.2. The predicted molar refractivity (Wildman–Crippen MR) is 135 cm³/mol. The molecule has 0 bridgehead atoms. The topological polar surface area (TPSA) is 119 Å². The molecule has 0 amide bonds. The highest BCUT2D eigenvalue weighted by atomic mass is 16.6. The zero-order chi connectivity index (χ0) is 27.6. The van der Waals surface area contributed by atoms with Crippen LogP contribution in [-0.2, 0) is 56.9 Å². The van der Waals surface area contributed by atoms with Crippen molar-refractivity contribution in [3.63, 3.8) is 0 Å². The van der Waals surface area contributed by atoms with Gasteiger partial charge in [0.1, 0.15) is 18.3 Å². The minimum Gasteiger partial charge on any atom is -0.454 e. The molecule has 0 saturated carbocycles. The van der Waals surface area contributed by atoms with Gasteiger partial charge in [-0.3, -0.25) is 0 Å². The van der Waals surface area contributed by atoms with E-state index in [9.17, 15) is 4.79 Å². The highest BCUT2D eigenvalue weighted by Gasteiger charge is 2.22. The highest BCUT2D eigenvalue weighted by Crippen LogP contribution is 2.07. The van der Waals surface area contributed by atoms with E-state index in [4.69, 9.17) is 52.1 Å². The lowest BCUT2D eigenvalue weighted by Gasteiger charge is -2.25. The zero-order valence-corrected chi connectivity index (χ0v) is 23.2. The van der Waals surface area contributed by atoms with Crippen molar-refractivity contribution in [2.45, 2.75) is 25.2 Å². The first-order valence-corrected chi connectivity index (χ1v) is 12.3. The number of carbonyl (C=O) groups excluding carboxylic acids is 1. The maximum atomic E-state index is 12.2. The van der Waals surface area contributed by atoms with Crippen LogP contribution in [0.25, 0.3) is 0 Å². The summed E-state index contributed by atoms with van der Waals surface area (Å²) in [5.74, 6) is -0.536. The molecule has 12 heteroatoms. The van der Waals surface area contributed by atoms with Crippen molar-refractivity contribution < 1.29 is 56.9 Å². The first kappa shape index (κ1) is 35.8. The average Bonchev–Trinajstić information content (AvgIpc) is 2.89. The van der Waals surface area contributed by atoms with Crippen LogP contribution in [0, 0.1) is 0 Å². The van der Waals surface area contributed by atoms with E-state index in [0.717, 1.165) is 0 Å². The van der Waals surface area contributed by atoms with Crippen LogP contribution in [-0.4, -0.2) is 145 Å². The molecule has 0 aliphatic carbocycles. The molecule has 220 valence electrons. The van der Waals surface area contributed by atoms with E-state index in [2.05, 4.69) is 6.58 Å². The maximum absolute atomic E-state index is 12.2. The molecule has 0 atom stereocenters. The number of hydrogen-bond acceptors (Lipinski definition) is 12. The summed E-state index contributed by atoms with van der Waals surface area (Å²) in [6, 6.07) is 0. The third kappa shape index (κ3) is 22.5. The predicted octanol–water partition coefficient (Wildman–Crippen LogP) is 0.897. The number of carbonyl (C=O) groups is 1. The molecule has 0 rings (SSSR count). The molecule has 0 saturated heterocycles. The minimum atomic E-state index is -0.704. The van der Waals surface area contributed by atoms with E-state index in [1.54, 1.807) is 35.4 Å². The van der Waals surface area contributed by atoms with Gasteiger partial charge in [-0.15, -0.1) is 0 Å². The minimum absolute atomic E-state index is 0.0622. The SMILES string of the molecule is C=C(C)C(=O)OC(COC(COCCOC)COCCOC)COC(COCCOC)COCCOC. The molecule has 0 heterocycles. The van der Waals surface area contributed by atoms with Gasteiger partial charge in [-0.05, 0) is 6.92 Å². The van der Waals surface area contributed by atoms with Crippen LogP contribution in [0.5, 0.6) is 0 Å².